The molecule has 0 aromatic carbocycles. The van der Waals surface area contributed by atoms with E-state index in [0.717, 1.165) is 19.0 Å². The van der Waals surface area contributed by atoms with Crippen molar-refractivity contribution in [1.29, 1.82) is 0 Å². The second-order valence-corrected chi connectivity index (χ2v) is 4.99. The lowest BCUT2D eigenvalue weighted by molar-refractivity contribution is 0.357. The molecule has 14 heavy (non-hydrogen) atoms. The van der Waals surface area contributed by atoms with Crippen molar-refractivity contribution in [2.75, 3.05) is 6.54 Å². The predicted molar refractivity (Wildman–Crippen MR) is 62.3 cm³/mol. The molecule has 0 spiro atoms. The van der Waals surface area contributed by atoms with Crippen molar-refractivity contribution in [2.24, 2.45) is 11.7 Å². The molecule has 1 saturated carbocycles. The highest BCUT2D eigenvalue weighted by molar-refractivity contribution is 4.73. The average Bonchev–Trinajstić information content (AvgIpc) is 2.19. The highest BCUT2D eigenvalue weighted by Gasteiger charge is 2.13. The molecule has 1 rings (SSSR count). The smallest absolute Gasteiger partial charge is 0.00739 e. The van der Waals surface area contributed by atoms with Gasteiger partial charge in [-0.2, -0.15) is 0 Å². The monoisotopic (exact) mass is 198 g/mol. The van der Waals surface area contributed by atoms with Gasteiger partial charge in [0.15, 0.2) is 0 Å². The summed E-state index contributed by atoms with van der Waals surface area (Å²) in [7, 11) is 0. The van der Waals surface area contributed by atoms with Gasteiger partial charge in [0.05, 0.1) is 0 Å². The van der Waals surface area contributed by atoms with Crippen LogP contribution in [0.4, 0.5) is 0 Å². The highest BCUT2D eigenvalue weighted by atomic mass is 14.9. The van der Waals surface area contributed by atoms with Gasteiger partial charge in [0, 0.05) is 12.1 Å². The van der Waals surface area contributed by atoms with Crippen molar-refractivity contribution in [3.63, 3.8) is 0 Å². The Morgan fingerprint density at radius 3 is 2.43 bits per heavy atom. The van der Waals surface area contributed by atoms with Gasteiger partial charge in [0.1, 0.15) is 0 Å². The first kappa shape index (κ1) is 12.0. The van der Waals surface area contributed by atoms with Crippen LogP contribution >= 0.6 is 0 Å². The Bertz CT molecular complexity index is 139. The van der Waals surface area contributed by atoms with Crippen molar-refractivity contribution in [3.8, 4) is 0 Å². The third-order valence-corrected chi connectivity index (χ3v) is 3.37. The van der Waals surface area contributed by atoms with E-state index in [1.807, 2.05) is 0 Å². The minimum atomic E-state index is 0.367. The van der Waals surface area contributed by atoms with Gasteiger partial charge < -0.3 is 11.1 Å². The molecule has 0 bridgehead atoms. The summed E-state index contributed by atoms with van der Waals surface area (Å²) in [5, 5.41) is 3.63. The average molecular weight is 198 g/mol. The van der Waals surface area contributed by atoms with E-state index in [2.05, 4.69) is 19.2 Å². The quantitative estimate of drug-likeness (QED) is 0.711. The normalized spacial score (nSPS) is 21.4. The molecule has 1 atom stereocenters. The van der Waals surface area contributed by atoms with Gasteiger partial charge in [-0.1, -0.05) is 33.1 Å². The van der Waals surface area contributed by atoms with Gasteiger partial charge in [-0.05, 0) is 31.7 Å². The van der Waals surface area contributed by atoms with Crippen molar-refractivity contribution >= 4 is 0 Å². The highest BCUT2D eigenvalue weighted by Crippen LogP contribution is 2.17. The van der Waals surface area contributed by atoms with E-state index in [0.29, 0.717) is 12.0 Å². The van der Waals surface area contributed by atoms with Crippen molar-refractivity contribution < 1.29 is 0 Å². The Balaban J connectivity index is 2.02. The molecule has 0 aromatic rings. The lowest BCUT2D eigenvalue weighted by atomic mass is 9.95. The molecular formula is C12H26N2. The number of nitrogens with two attached hydrogens (primary N) is 1. The third kappa shape index (κ3) is 4.43. The van der Waals surface area contributed by atoms with Crippen LogP contribution in [0.25, 0.3) is 0 Å². The topological polar surface area (TPSA) is 38.0 Å². The van der Waals surface area contributed by atoms with Gasteiger partial charge in [0.25, 0.3) is 0 Å². The Hall–Kier alpha value is -0.0800. The zero-order valence-electron chi connectivity index (χ0n) is 9.76. The number of hydrogen-bond acceptors (Lipinski definition) is 2. The van der Waals surface area contributed by atoms with Crippen LogP contribution < -0.4 is 11.1 Å². The maximum absolute atomic E-state index is 5.99. The first-order valence-electron chi connectivity index (χ1n) is 6.19. The summed E-state index contributed by atoms with van der Waals surface area (Å²) >= 11 is 0. The molecule has 84 valence electrons. The molecule has 0 aromatic heterocycles. The predicted octanol–water partition coefficient (Wildman–Crippen LogP) is 2.28. The standard InChI is InChI=1S/C12H26N2/c1-10(2)12(13)8-9-14-11-6-4-3-5-7-11/h10-12,14H,3-9,13H2,1-2H3. The zero-order chi connectivity index (χ0) is 10.4. The Labute approximate surface area is 88.6 Å². The molecule has 0 radical (unpaired) electrons. The number of hydrogen-bond donors (Lipinski definition) is 2. The second-order valence-electron chi connectivity index (χ2n) is 4.99. The molecular weight excluding hydrogens is 172 g/mol. The van der Waals surface area contributed by atoms with Crippen LogP contribution in [0.2, 0.25) is 0 Å². The first-order valence-corrected chi connectivity index (χ1v) is 6.19. The molecule has 1 aliphatic carbocycles. The van der Waals surface area contributed by atoms with E-state index >= 15 is 0 Å². The fourth-order valence-electron chi connectivity index (χ4n) is 2.09. The van der Waals surface area contributed by atoms with E-state index in [9.17, 15) is 0 Å². The lowest BCUT2D eigenvalue weighted by Crippen LogP contribution is -2.36. The summed E-state index contributed by atoms with van der Waals surface area (Å²) in [5.74, 6) is 0.614. The van der Waals surface area contributed by atoms with Crippen LogP contribution in [-0.4, -0.2) is 18.6 Å². The molecule has 3 N–H and O–H groups in total. The minimum absolute atomic E-state index is 0.367. The van der Waals surface area contributed by atoms with Crippen LogP contribution in [-0.2, 0) is 0 Å². The molecule has 1 fully saturated rings. The van der Waals surface area contributed by atoms with Gasteiger partial charge in [0.2, 0.25) is 0 Å². The van der Waals surface area contributed by atoms with E-state index in [4.69, 9.17) is 5.73 Å². The summed E-state index contributed by atoms with van der Waals surface area (Å²) in [5.41, 5.74) is 5.99. The molecule has 0 saturated heterocycles. The lowest BCUT2D eigenvalue weighted by Gasteiger charge is -2.24. The fraction of sp³-hybridized carbons (Fsp3) is 1.00. The molecule has 2 heteroatoms. The maximum atomic E-state index is 5.99. The van der Waals surface area contributed by atoms with Gasteiger partial charge in [-0.25, -0.2) is 0 Å². The van der Waals surface area contributed by atoms with E-state index < -0.39 is 0 Å². The second kappa shape index (κ2) is 6.41. The molecule has 0 amide bonds. The van der Waals surface area contributed by atoms with Crippen molar-refractivity contribution in [2.45, 2.75) is 64.5 Å². The summed E-state index contributed by atoms with van der Waals surface area (Å²) in [6, 6.07) is 1.15. The molecule has 1 aliphatic rings. The molecule has 0 aliphatic heterocycles. The Kier molecular flexibility index (Phi) is 5.49. The minimum Gasteiger partial charge on any atom is -0.327 e. The zero-order valence-corrected chi connectivity index (χ0v) is 9.76. The molecule has 1 unspecified atom stereocenters. The molecule has 2 nitrogen and oxygen atoms in total. The fourth-order valence-corrected chi connectivity index (χ4v) is 2.09. The van der Waals surface area contributed by atoms with Crippen LogP contribution in [0.3, 0.4) is 0 Å². The van der Waals surface area contributed by atoms with Crippen molar-refractivity contribution in [1.82, 2.24) is 5.32 Å². The van der Waals surface area contributed by atoms with Crippen LogP contribution in [0.15, 0.2) is 0 Å². The van der Waals surface area contributed by atoms with Crippen molar-refractivity contribution in [3.05, 3.63) is 0 Å². The third-order valence-electron chi connectivity index (χ3n) is 3.37. The largest absolute Gasteiger partial charge is 0.327 e. The first-order chi connectivity index (χ1) is 6.70. The van der Waals surface area contributed by atoms with E-state index in [1.54, 1.807) is 0 Å². The summed E-state index contributed by atoms with van der Waals surface area (Å²) in [6.45, 7) is 5.50. The Morgan fingerprint density at radius 2 is 1.86 bits per heavy atom. The number of nitrogens with one attached hydrogen (secondary N) is 1. The van der Waals surface area contributed by atoms with Gasteiger partial charge in [-0.3, -0.25) is 0 Å². The van der Waals surface area contributed by atoms with E-state index in [-0.39, 0.29) is 0 Å². The van der Waals surface area contributed by atoms with Crippen LogP contribution in [0.1, 0.15) is 52.4 Å². The number of rotatable bonds is 5. The van der Waals surface area contributed by atoms with E-state index in [1.165, 1.54) is 32.1 Å². The summed E-state index contributed by atoms with van der Waals surface area (Å²) in [6.07, 6.45) is 8.12. The Morgan fingerprint density at radius 1 is 1.21 bits per heavy atom. The summed E-state index contributed by atoms with van der Waals surface area (Å²) in [4.78, 5) is 0. The molecule has 0 heterocycles. The van der Waals surface area contributed by atoms with Crippen LogP contribution in [0.5, 0.6) is 0 Å². The maximum Gasteiger partial charge on any atom is 0.00739 e. The van der Waals surface area contributed by atoms with Gasteiger partial charge in [-0.15, -0.1) is 0 Å². The van der Waals surface area contributed by atoms with Crippen LogP contribution in [0, 0.1) is 5.92 Å². The van der Waals surface area contributed by atoms with Gasteiger partial charge >= 0.3 is 0 Å². The SMILES string of the molecule is CC(C)C(N)CCNC1CCCCC1. The summed E-state index contributed by atoms with van der Waals surface area (Å²) < 4.78 is 0.